The molecule has 2 heterocycles. The van der Waals surface area contributed by atoms with E-state index in [-0.39, 0.29) is 5.41 Å². The van der Waals surface area contributed by atoms with Gasteiger partial charge in [0.15, 0.2) is 0 Å². The van der Waals surface area contributed by atoms with Gasteiger partial charge < -0.3 is 20.5 Å². The molecule has 2 atom stereocenters. The van der Waals surface area contributed by atoms with E-state index >= 15 is 0 Å². The number of aliphatic hydroxyl groups is 1. The Morgan fingerprint density at radius 2 is 2.06 bits per heavy atom. The number of hydrogen-bond donors (Lipinski definition) is 2. The molecule has 0 saturated carbocycles. The van der Waals surface area contributed by atoms with Gasteiger partial charge in [-0.3, -0.25) is 0 Å². The smallest absolute Gasteiger partial charge is 0.0858 e. The molecule has 2 aliphatic rings. The first-order chi connectivity index (χ1) is 7.53. The second kappa shape index (κ2) is 4.26. The van der Waals surface area contributed by atoms with Crippen LogP contribution in [-0.2, 0) is 4.74 Å². The number of nitrogens with zero attached hydrogens (tertiary/aromatic N) is 1. The Morgan fingerprint density at radius 1 is 1.44 bits per heavy atom. The highest BCUT2D eigenvalue weighted by Gasteiger charge is 2.54. The third-order valence-electron chi connectivity index (χ3n) is 4.72. The molecule has 0 aromatic carbocycles. The van der Waals surface area contributed by atoms with Gasteiger partial charge in [-0.25, -0.2) is 0 Å². The summed E-state index contributed by atoms with van der Waals surface area (Å²) in [5, 5.41) is 10.9. The van der Waals surface area contributed by atoms with Gasteiger partial charge in [0.25, 0.3) is 0 Å². The summed E-state index contributed by atoms with van der Waals surface area (Å²) >= 11 is 0. The molecule has 94 valence electrons. The molecule has 0 bridgehead atoms. The normalized spacial score (nSPS) is 40.1. The van der Waals surface area contributed by atoms with Crippen LogP contribution in [-0.4, -0.2) is 55.0 Å². The largest absolute Gasteiger partial charge is 0.388 e. The fraction of sp³-hybridized carbons (Fsp3) is 1.00. The number of β-amino-alcohol motifs (C(OH)–C–C–N with tert-alkyl or cyclic N) is 1. The highest BCUT2D eigenvalue weighted by Crippen LogP contribution is 2.46. The Morgan fingerprint density at radius 3 is 2.50 bits per heavy atom. The van der Waals surface area contributed by atoms with Crippen LogP contribution in [0.5, 0.6) is 0 Å². The second-order valence-electron chi connectivity index (χ2n) is 5.60. The van der Waals surface area contributed by atoms with Crippen molar-refractivity contribution in [1.82, 2.24) is 4.90 Å². The lowest BCUT2D eigenvalue weighted by molar-refractivity contribution is -0.121. The fourth-order valence-corrected chi connectivity index (χ4v) is 3.28. The summed E-state index contributed by atoms with van der Waals surface area (Å²) in [4.78, 5) is 2.23. The lowest BCUT2D eigenvalue weighted by atomic mass is 9.66. The fourth-order valence-electron chi connectivity index (χ4n) is 3.28. The van der Waals surface area contributed by atoms with Crippen LogP contribution in [0.3, 0.4) is 0 Å². The zero-order valence-electron chi connectivity index (χ0n) is 10.4. The lowest BCUT2D eigenvalue weighted by Crippen LogP contribution is -2.56. The van der Waals surface area contributed by atoms with Gasteiger partial charge in [0.2, 0.25) is 0 Å². The molecule has 2 unspecified atom stereocenters. The Bertz CT molecular complexity index is 241. The second-order valence-corrected chi connectivity index (χ2v) is 5.60. The van der Waals surface area contributed by atoms with Crippen LogP contribution < -0.4 is 5.73 Å². The summed E-state index contributed by atoms with van der Waals surface area (Å²) in [5.74, 6) is 0. The van der Waals surface area contributed by atoms with E-state index in [0.29, 0.717) is 12.6 Å². The molecule has 0 radical (unpaired) electrons. The Hall–Kier alpha value is -0.160. The van der Waals surface area contributed by atoms with E-state index in [9.17, 15) is 5.11 Å². The molecule has 3 N–H and O–H groups in total. The number of likely N-dealkylation sites (N-methyl/N-ethyl adjacent to an activating group) is 1. The third-order valence-corrected chi connectivity index (χ3v) is 4.72. The first-order valence-electron chi connectivity index (χ1n) is 6.23. The summed E-state index contributed by atoms with van der Waals surface area (Å²) in [6.45, 7) is 4.94. The number of nitrogens with two attached hydrogens (primary N) is 1. The Balaban J connectivity index is 2.20. The maximum Gasteiger partial charge on any atom is 0.0858 e. The van der Waals surface area contributed by atoms with E-state index in [1.807, 2.05) is 0 Å². The van der Waals surface area contributed by atoms with Gasteiger partial charge in [0.05, 0.1) is 5.60 Å². The average Bonchev–Trinajstić information content (AvgIpc) is 2.55. The van der Waals surface area contributed by atoms with E-state index in [0.717, 1.165) is 39.0 Å². The quantitative estimate of drug-likeness (QED) is 0.709. The SMILES string of the molecule is CC1CC(O)(C2(CN)CCOCC2)CN1C. The minimum Gasteiger partial charge on any atom is -0.388 e. The molecule has 4 heteroatoms. The van der Waals surface area contributed by atoms with Crippen molar-refractivity contribution in [3.8, 4) is 0 Å². The van der Waals surface area contributed by atoms with Gasteiger partial charge in [-0.1, -0.05) is 0 Å². The molecule has 0 spiro atoms. The van der Waals surface area contributed by atoms with Crippen LogP contribution in [0.25, 0.3) is 0 Å². The van der Waals surface area contributed by atoms with E-state index in [1.54, 1.807) is 0 Å². The molecule has 2 aliphatic heterocycles. The van der Waals surface area contributed by atoms with Crippen molar-refractivity contribution in [1.29, 1.82) is 0 Å². The summed E-state index contributed by atoms with van der Waals surface area (Å²) in [6.07, 6.45) is 2.61. The summed E-state index contributed by atoms with van der Waals surface area (Å²) in [7, 11) is 2.08. The van der Waals surface area contributed by atoms with Gasteiger partial charge in [0, 0.05) is 37.8 Å². The maximum atomic E-state index is 10.9. The number of hydrogen-bond acceptors (Lipinski definition) is 4. The van der Waals surface area contributed by atoms with E-state index in [4.69, 9.17) is 10.5 Å². The van der Waals surface area contributed by atoms with E-state index in [2.05, 4.69) is 18.9 Å². The highest BCUT2D eigenvalue weighted by atomic mass is 16.5. The molecule has 16 heavy (non-hydrogen) atoms. The Kier molecular flexibility index (Phi) is 3.27. The predicted octanol–water partition coefficient (Wildman–Crippen LogP) is 0.197. The highest BCUT2D eigenvalue weighted by molar-refractivity contribution is 5.07. The molecule has 2 fully saturated rings. The van der Waals surface area contributed by atoms with Crippen molar-refractivity contribution in [2.45, 2.75) is 37.8 Å². The van der Waals surface area contributed by atoms with Crippen LogP contribution in [0.2, 0.25) is 0 Å². The van der Waals surface area contributed by atoms with Gasteiger partial charge in [-0.2, -0.15) is 0 Å². The standard InChI is InChI=1S/C12H24N2O2/c1-10-7-12(15,9-14(10)2)11(8-13)3-5-16-6-4-11/h10,15H,3-9,13H2,1-2H3. The summed E-state index contributed by atoms with van der Waals surface area (Å²) in [6, 6.07) is 0.441. The predicted molar refractivity (Wildman–Crippen MR) is 63.2 cm³/mol. The van der Waals surface area contributed by atoms with Crippen molar-refractivity contribution in [2.24, 2.45) is 11.1 Å². The van der Waals surface area contributed by atoms with Gasteiger partial charge in [0.1, 0.15) is 0 Å². The van der Waals surface area contributed by atoms with Crippen LogP contribution in [0.1, 0.15) is 26.2 Å². The molecule has 2 rings (SSSR count). The first-order valence-corrected chi connectivity index (χ1v) is 6.23. The monoisotopic (exact) mass is 228 g/mol. The van der Waals surface area contributed by atoms with Gasteiger partial charge in [-0.15, -0.1) is 0 Å². The van der Waals surface area contributed by atoms with Gasteiger partial charge >= 0.3 is 0 Å². The minimum absolute atomic E-state index is 0.135. The van der Waals surface area contributed by atoms with Crippen LogP contribution >= 0.6 is 0 Å². The topological polar surface area (TPSA) is 58.7 Å². The summed E-state index contributed by atoms with van der Waals surface area (Å²) < 4.78 is 5.40. The van der Waals surface area contributed by atoms with Crippen molar-refractivity contribution >= 4 is 0 Å². The first kappa shape index (κ1) is 12.3. The van der Waals surface area contributed by atoms with Crippen LogP contribution in [0.4, 0.5) is 0 Å². The molecular weight excluding hydrogens is 204 g/mol. The average molecular weight is 228 g/mol. The molecule has 0 aromatic heterocycles. The van der Waals surface area contributed by atoms with Crippen molar-refractivity contribution < 1.29 is 9.84 Å². The van der Waals surface area contributed by atoms with Crippen LogP contribution in [0, 0.1) is 5.41 Å². The van der Waals surface area contributed by atoms with Crippen LogP contribution in [0.15, 0.2) is 0 Å². The molecule has 0 aromatic rings. The number of ether oxygens (including phenoxy) is 1. The zero-order valence-corrected chi connectivity index (χ0v) is 10.4. The molecule has 2 saturated heterocycles. The zero-order chi connectivity index (χ0) is 11.8. The molecule has 4 nitrogen and oxygen atoms in total. The van der Waals surface area contributed by atoms with Crippen molar-refractivity contribution in [3.05, 3.63) is 0 Å². The molecule has 0 aliphatic carbocycles. The van der Waals surface area contributed by atoms with E-state index < -0.39 is 5.60 Å². The van der Waals surface area contributed by atoms with Gasteiger partial charge in [-0.05, 0) is 33.2 Å². The maximum absolute atomic E-state index is 10.9. The van der Waals surface area contributed by atoms with E-state index in [1.165, 1.54) is 0 Å². The number of rotatable bonds is 2. The minimum atomic E-state index is -0.625. The molecule has 0 amide bonds. The number of likely N-dealkylation sites (tertiary alicyclic amines) is 1. The summed E-state index contributed by atoms with van der Waals surface area (Å²) in [5.41, 5.74) is 5.20. The third kappa shape index (κ3) is 1.78. The van der Waals surface area contributed by atoms with Crippen molar-refractivity contribution in [3.63, 3.8) is 0 Å². The van der Waals surface area contributed by atoms with Crippen molar-refractivity contribution in [2.75, 3.05) is 33.4 Å². The Labute approximate surface area is 97.7 Å². The molecular formula is C12H24N2O2. The lowest BCUT2D eigenvalue weighted by Gasteiger charge is -2.47.